The van der Waals surface area contributed by atoms with Crippen LogP contribution in [0.25, 0.3) is 16.8 Å². The van der Waals surface area contributed by atoms with Gasteiger partial charge in [-0.15, -0.1) is 0 Å². The van der Waals surface area contributed by atoms with Gasteiger partial charge in [0.15, 0.2) is 11.5 Å². The molecule has 1 amide bonds. The van der Waals surface area contributed by atoms with Crippen molar-refractivity contribution in [3.8, 4) is 22.8 Å². The molecule has 0 aliphatic carbocycles. The predicted molar refractivity (Wildman–Crippen MR) is 111 cm³/mol. The normalized spacial score (nSPS) is 12.3. The minimum Gasteiger partial charge on any atom is -0.454 e. The van der Waals surface area contributed by atoms with Gasteiger partial charge in [-0.25, -0.2) is 4.52 Å². The Bertz CT molecular complexity index is 1320. The summed E-state index contributed by atoms with van der Waals surface area (Å²) in [5.74, 6) is 1.06. The van der Waals surface area contributed by atoms with E-state index in [0.717, 1.165) is 11.1 Å². The van der Waals surface area contributed by atoms with Gasteiger partial charge >= 0.3 is 0 Å². The van der Waals surface area contributed by atoms with Crippen LogP contribution in [0.4, 0.5) is 5.69 Å². The summed E-state index contributed by atoms with van der Waals surface area (Å²) in [6.07, 6.45) is 3.22. The summed E-state index contributed by atoms with van der Waals surface area (Å²) in [4.78, 5) is 25.2. The van der Waals surface area contributed by atoms with Crippen LogP contribution in [0.15, 0.2) is 65.7 Å². The van der Waals surface area contributed by atoms with Crippen LogP contribution in [0.1, 0.15) is 5.56 Å². The number of carbonyl (C=O) groups excluding carboxylic acids is 1. The number of anilines is 1. The first kappa shape index (κ1) is 18.0. The maximum Gasteiger partial charge on any atom is 0.277 e. The number of carbonyl (C=O) groups is 1. The number of hydrogen-bond acceptors (Lipinski definition) is 5. The lowest BCUT2D eigenvalue weighted by atomic mass is 10.1. The van der Waals surface area contributed by atoms with E-state index in [0.29, 0.717) is 28.4 Å². The average Bonchev–Trinajstić information content (AvgIpc) is 3.38. The summed E-state index contributed by atoms with van der Waals surface area (Å²) in [6, 6.07) is 14.7. The first-order chi connectivity index (χ1) is 14.6. The van der Waals surface area contributed by atoms with Crippen molar-refractivity contribution in [3.63, 3.8) is 0 Å². The number of nitrogens with zero attached hydrogens (tertiary/aromatic N) is 3. The van der Waals surface area contributed by atoms with Crippen molar-refractivity contribution >= 4 is 17.1 Å². The summed E-state index contributed by atoms with van der Waals surface area (Å²) in [5, 5.41) is 7.27. The molecule has 0 unspecified atom stereocenters. The van der Waals surface area contributed by atoms with Crippen LogP contribution >= 0.6 is 0 Å². The highest BCUT2D eigenvalue weighted by molar-refractivity contribution is 5.90. The Morgan fingerprint density at radius 2 is 1.87 bits per heavy atom. The molecule has 1 aliphatic heterocycles. The van der Waals surface area contributed by atoms with Crippen LogP contribution in [0.5, 0.6) is 11.5 Å². The van der Waals surface area contributed by atoms with E-state index in [1.807, 2.05) is 49.4 Å². The molecule has 1 N–H and O–H groups in total. The Kier molecular flexibility index (Phi) is 4.24. The summed E-state index contributed by atoms with van der Waals surface area (Å²) in [6.45, 7) is 2.08. The SMILES string of the molecule is Cc1ccc(NC(=O)Cn2ccn3nc(-c4ccc5c(c4)OCO5)cc3c2=O)cc1. The highest BCUT2D eigenvalue weighted by atomic mass is 16.7. The lowest BCUT2D eigenvalue weighted by Gasteiger charge is -2.08. The average molecular weight is 402 g/mol. The lowest BCUT2D eigenvalue weighted by molar-refractivity contribution is -0.116. The first-order valence-electron chi connectivity index (χ1n) is 9.42. The highest BCUT2D eigenvalue weighted by Gasteiger charge is 2.16. The van der Waals surface area contributed by atoms with Crippen LogP contribution in [-0.2, 0) is 11.3 Å². The quantitative estimate of drug-likeness (QED) is 0.567. The summed E-state index contributed by atoms with van der Waals surface area (Å²) < 4.78 is 13.6. The Labute approximate surface area is 171 Å². The molecule has 0 bridgehead atoms. The van der Waals surface area contributed by atoms with Gasteiger partial charge in [-0.05, 0) is 43.3 Å². The zero-order chi connectivity index (χ0) is 20.7. The smallest absolute Gasteiger partial charge is 0.277 e. The van der Waals surface area contributed by atoms with Crippen molar-refractivity contribution in [2.45, 2.75) is 13.5 Å². The zero-order valence-corrected chi connectivity index (χ0v) is 16.2. The summed E-state index contributed by atoms with van der Waals surface area (Å²) >= 11 is 0. The van der Waals surface area contributed by atoms with Crippen molar-refractivity contribution < 1.29 is 14.3 Å². The number of amides is 1. The molecule has 2 aromatic heterocycles. The predicted octanol–water partition coefficient (Wildman–Crippen LogP) is 2.84. The Morgan fingerprint density at radius 1 is 1.07 bits per heavy atom. The van der Waals surface area contributed by atoms with Crippen molar-refractivity contribution in [1.29, 1.82) is 0 Å². The van der Waals surface area contributed by atoms with E-state index in [-0.39, 0.29) is 24.8 Å². The van der Waals surface area contributed by atoms with Gasteiger partial charge < -0.3 is 19.4 Å². The van der Waals surface area contributed by atoms with Gasteiger partial charge in [0.05, 0.1) is 5.69 Å². The second-order valence-electron chi connectivity index (χ2n) is 7.07. The molecular weight excluding hydrogens is 384 g/mol. The monoisotopic (exact) mass is 402 g/mol. The molecule has 4 aromatic rings. The second kappa shape index (κ2) is 7.07. The Hall–Kier alpha value is -4.07. The van der Waals surface area contributed by atoms with Crippen LogP contribution in [0.3, 0.4) is 0 Å². The molecule has 8 heteroatoms. The fraction of sp³-hybridized carbons (Fsp3) is 0.136. The third kappa shape index (κ3) is 3.28. The molecule has 5 rings (SSSR count). The molecule has 8 nitrogen and oxygen atoms in total. The van der Waals surface area contributed by atoms with Crippen LogP contribution in [0, 0.1) is 6.92 Å². The van der Waals surface area contributed by atoms with E-state index in [4.69, 9.17) is 9.47 Å². The number of rotatable bonds is 4. The van der Waals surface area contributed by atoms with Crippen molar-refractivity contribution in [2.24, 2.45) is 0 Å². The molecule has 0 saturated heterocycles. The van der Waals surface area contributed by atoms with Crippen molar-refractivity contribution in [1.82, 2.24) is 14.2 Å². The van der Waals surface area contributed by atoms with E-state index in [9.17, 15) is 9.59 Å². The van der Waals surface area contributed by atoms with Gasteiger partial charge in [-0.3, -0.25) is 9.59 Å². The molecule has 3 heterocycles. The van der Waals surface area contributed by atoms with E-state index in [1.54, 1.807) is 18.5 Å². The minimum absolute atomic E-state index is 0.0895. The molecule has 0 atom stereocenters. The molecular formula is C22H18N4O4. The number of nitrogens with one attached hydrogen (secondary N) is 1. The highest BCUT2D eigenvalue weighted by Crippen LogP contribution is 2.35. The standard InChI is InChI=1S/C22H18N4O4/c1-14-2-5-16(6-3-14)23-21(27)12-25-8-9-26-18(22(25)28)11-17(24-26)15-4-7-19-20(10-15)30-13-29-19/h2-11H,12-13H2,1H3,(H,23,27). The third-order valence-corrected chi connectivity index (χ3v) is 4.92. The molecule has 30 heavy (non-hydrogen) atoms. The molecule has 0 fully saturated rings. The maximum atomic E-state index is 12.9. The fourth-order valence-electron chi connectivity index (χ4n) is 3.34. The molecule has 0 radical (unpaired) electrons. The first-order valence-corrected chi connectivity index (χ1v) is 9.42. The van der Waals surface area contributed by atoms with Crippen LogP contribution in [0.2, 0.25) is 0 Å². The number of aromatic nitrogens is 3. The molecule has 150 valence electrons. The summed E-state index contributed by atoms with van der Waals surface area (Å²) in [7, 11) is 0. The van der Waals surface area contributed by atoms with Crippen LogP contribution in [-0.4, -0.2) is 26.9 Å². The number of benzene rings is 2. The number of hydrogen-bond donors (Lipinski definition) is 1. The fourth-order valence-corrected chi connectivity index (χ4v) is 3.34. The van der Waals surface area contributed by atoms with E-state index in [2.05, 4.69) is 10.4 Å². The number of aryl methyl sites for hydroxylation is 1. The van der Waals surface area contributed by atoms with E-state index >= 15 is 0 Å². The van der Waals surface area contributed by atoms with Gasteiger partial charge in [-0.2, -0.15) is 5.10 Å². The van der Waals surface area contributed by atoms with Gasteiger partial charge in [0, 0.05) is 23.6 Å². The second-order valence-corrected chi connectivity index (χ2v) is 7.07. The summed E-state index contributed by atoms with van der Waals surface area (Å²) in [5.41, 5.74) is 3.32. The van der Waals surface area contributed by atoms with Gasteiger partial charge in [0.25, 0.3) is 5.56 Å². The van der Waals surface area contributed by atoms with E-state index < -0.39 is 0 Å². The van der Waals surface area contributed by atoms with Gasteiger partial charge in [-0.1, -0.05) is 17.7 Å². The zero-order valence-electron chi connectivity index (χ0n) is 16.2. The number of fused-ring (bicyclic) bond motifs is 2. The van der Waals surface area contributed by atoms with Crippen molar-refractivity contribution in [2.75, 3.05) is 12.1 Å². The minimum atomic E-state index is -0.295. The van der Waals surface area contributed by atoms with Crippen LogP contribution < -0.4 is 20.3 Å². The maximum absolute atomic E-state index is 12.9. The Morgan fingerprint density at radius 3 is 2.70 bits per heavy atom. The number of ether oxygens (including phenoxy) is 2. The van der Waals surface area contributed by atoms with Gasteiger partial charge in [0.1, 0.15) is 12.1 Å². The largest absolute Gasteiger partial charge is 0.454 e. The lowest BCUT2D eigenvalue weighted by Crippen LogP contribution is -2.28. The molecule has 0 saturated carbocycles. The topological polar surface area (TPSA) is 86.9 Å². The Balaban J connectivity index is 1.41. The van der Waals surface area contributed by atoms with E-state index in [1.165, 1.54) is 9.08 Å². The molecule has 0 spiro atoms. The van der Waals surface area contributed by atoms with Gasteiger partial charge in [0.2, 0.25) is 12.7 Å². The third-order valence-electron chi connectivity index (χ3n) is 4.92. The van der Waals surface area contributed by atoms with Crippen molar-refractivity contribution in [3.05, 3.63) is 76.8 Å². The molecule has 2 aromatic carbocycles. The molecule has 1 aliphatic rings.